The first kappa shape index (κ1) is 20.4. The number of ether oxygens (including phenoxy) is 2. The summed E-state index contributed by atoms with van der Waals surface area (Å²) in [5.41, 5.74) is 3.12. The molecule has 1 atom stereocenters. The Balaban J connectivity index is 1.80. The number of carbonyl (C=O) groups excluding carboxylic acids is 1. The van der Waals surface area contributed by atoms with Gasteiger partial charge in [0.15, 0.2) is 0 Å². The largest absolute Gasteiger partial charge is 0.497 e. The van der Waals surface area contributed by atoms with Gasteiger partial charge in [0.1, 0.15) is 11.5 Å². The maximum atomic E-state index is 13.1. The van der Waals surface area contributed by atoms with Gasteiger partial charge in [-0.05, 0) is 41.0 Å². The van der Waals surface area contributed by atoms with E-state index in [1.165, 1.54) is 4.90 Å². The van der Waals surface area contributed by atoms with Crippen molar-refractivity contribution >= 4 is 5.91 Å². The van der Waals surface area contributed by atoms with Gasteiger partial charge in [0.2, 0.25) is 0 Å². The third-order valence-electron chi connectivity index (χ3n) is 4.83. The molecule has 1 unspecified atom stereocenters. The number of aliphatic hydroxyl groups is 1. The minimum atomic E-state index is -0.807. The SMILES string of the molecule is COc1ccc(C(O)CN(C)C(=O)c2cc(-c3ccccc3)ccc2OC)cc1. The molecule has 0 heterocycles. The average Bonchev–Trinajstić information content (AvgIpc) is 2.78. The summed E-state index contributed by atoms with van der Waals surface area (Å²) in [4.78, 5) is 14.6. The van der Waals surface area contributed by atoms with Crippen molar-refractivity contribution in [3.63, 3.8) is 0 Å². The lowest BCUT2D eigenvalue weighted by atomic mass is 10.0. The second kappa shape index (κ2) is 9.26. The monoisotopic (exact) mass is 391 g/mol. The molecule has 5 heteroatoms. The summed E-state index contributed by atoms with van der Waals surface area (Å²) in [5.74, 6) is 1.00. The zero-order valence-electron chi connectivity index (χ0n) is 16.8. The number of carbonyl (C=O) groups is 1. The highest BCUT2D eigenvalue weighted by Crippen LogP contribution is 2.28. The van der Waals surface area contributed by atoms with Crippen molar-refractivity contribution in [1.82, 2.24) is 4.90 Å². The first-order valence-electron chi connectivity index (χ1n) is 9.34. The Morgan fingerprint density at radius 1 is 0.931 bits per heavy atom. The first-order valence-corrected chi connectivity index (χ1v) is 9.34. The summed E-state index contributed by atoms with van der Waals surface area (Å²) in [6.45, 7) is 0.157. The van der Waals surface area contributed by atoms with Crippen molar-refractivity contribution in [2.75, 3.05) is 27.8 Å². The molecule has 29 heavy (non-hydrogen) atoms. The number of amides is 1. The zero-order chi connectivity index (χ0) is 20.8. The van der Waals surface area contributed by atoms with Crippen molar-refractivity contribution in [3.8, 4) is 22.6 Å². The summed E-state index contributed by atoms with van der Waals surface area (Å²) in [5, 5.41) is 10.5. The molecule has 150 valence electrons. The third kappa shape index (κ3) is 4.76. The van der Waals surface area contributed by atoms with E-state index in [0.29, 0.717) is 17.1 Å². The van der Waals surface area contributed by atoms with E-state index in [1.807, 2.05) is 42.5 Å². The number of hydrogen-bond acceptors (Lipinski definition) is 4. The maximum Gasteiger partial charge on any atom is 0.257 e. The van der Waals surface area contributed by atoms with Gasteiger partial charge in [0.05, 0.1) is 32.4 Å². The highest BCUT2D eigenvalue weighted by molar-refractivity contribution is 5.98. The number of nitrogens with zero attached hydrogens (tertiary/aromatic N) is 1. The second-order valence-electron chi connectivity index (χ2n) is 6.76. The molecule has 1 amide bonds. The molecule has 0 radical (unpaired) electrons. The molecule has 1 N–H and O–H groups in total. The van der Waals surface area contributed by atoms with Crippen LogP contribution < -0.4 is 9.47 Å². The second-order valence-corrected chi connectivity index (χ2v) is 6.76. The van der Waals surface area contributed by atoms with Crippen LogP contribution in [0.5, 0.6) is 11.5 Å². The van der Waals surface area contributed by atoms with Gasteiger partial charge in [0, 0.05) is 7.05 Å². The van der Waals surface area contributed by atoms with E-state index in [0.717, 1.165) is 16.7 Å². The van der Waals surface area contributed by atoms with E-state index in [9.17, 15) is 9.90 Å². The lowest BCUT2D eigenvalue weighted by Crippen LogP contribution is -2.31. The molecule has 3 aromatic rings. The van der Waals surface area contributed by atoms with Crippen LogP contribution in [0.2, 0.25) is 0 Å². The number of aliphatic hydroxyl groups excluding tert-OH is 1. The lowest BCUT2D eigenvalue weighted by Gasteiger charge is -2.22. The fraction of sp³-hybridized carbons (Fsp3) is 0.208. The molecule has 0 aliphatic heterocycles. The van der Waals surface area contributed by atoms with Gasteiger partial charge in [-0.25, -0.2) is 0 Å². The molecule has 0 aliphatic carbocycles. The van der Waals surface area contributed by atoms with Crippen LogP contribution in [0.4, 0.5) is 0 Å². The van der Waals surface area contributed by atoms with Gasteiger partial charge in [-0.2, -0.15) is 0 Å². The van der Waals surface area contributed by atoms with E-state index in [-0.39, 0.29) is 12.5 Å². The van der Waals surface area contributed by atoms with Crippen LogP contribution in [-0.2, 0) is 0 Å². The number of hydrogen-bond donors (Lipinski definition) is 1. The van der Waals surface area contributed by atoms with Crippen LogP contribution in [0.3, 0.4) is 0 Å². The van der Waals surface area contributed by atoms with Crippen LogP contribution in [0, 0.1) is 0 Å². The molecule has 5 nitrogen and oxygen atoms in total. The molecule has 0 saturated carbocycles. The van der Waals surface area contributed by atoms with Gasteiger partial charge in [-0.1, -0.05) is 48.5 Å². The molecule has 3 aromatic carbocycles. The Morgan fingerprint density at radius 3 is 2.24 bits per heavy atom. The Morgan fingerprint density at radius 2 is 1.62 bits per heavy atom. The van der Waals surface area contributed by atoms with Crippen LogP contribution in [-0.4, -0.2) is 43.7 Å². The molecule has 0 spiro atoms. The molecular formula is C24H25NO4. The maximum absolute atomic E-state index is 13.1. The van der Waals surface area contributed by atoms with Gasteiger partial charge >= 0.3 is 0 Å². The van der Waals surface area contributed by atoms with Crippen molar-refractivity contribution in [1.29, 1.82) is 0 Å². The molecule has 0 saturated heterocycles. The molecule has 0 bridgehead atoms. The van der Waals surface area contributed by atoms with Crippen LogP contribution >= 0.6 is 0 Å². The fourth-order valence-electron chi connectivity index (χ4n) is 3.16. The summed E-state index contributed by atoms with van der Waals surface area (Å²) in [6, 6.07) is 22.5. The normalized spacial score (nSPS) is 11.6. The highest BCUT2D eigenvalue weighted by Gasteiger charge is 2.20. The number of methoxy groups -OCH3 is 2. The van der Waals surface area contributed by atoms with Crippen molar-refractivity contribution in [3.05, 3.63) is 83.9 Å². The Kier molecular flexibility index (Phi) is 6.52. The van der Waals surface area contributed by atoms with Crippen molar-refractivity contribution in [2.45, 2.75) is 6.10 Å². The van der Waals surface area contributed by atoms with E-state index in [1.54, 1.807) is 51.6 Å². The van der Waals surface area contributed by atoms with E-state index in [2.05, 4.69) is 0 Å². The highest BCUT2D eigenvalue weighted by atomic mass is 16.5. The predicted molar refractivity (Wildman–Crippen MR) is 113 cm³/mol. The van der Waals surface area contributed by atoms with Crippen LogP contribution in [0.25, 0.3) is 11.1 Å². The van der Waals surface area contributed by atoms with Crippen LogP contribution in [0.1, 0.15) is 22.0 Å². The topological polar surface area (TPSA) is 59.0 Å². The van der Waals surface area contributed by atoms with E-state index >= 15 is 0 Å². The predicted octanol–water partition coefficient (Wildman–Crippen LogP) is 4.18. The minimum absolute atomic E-state index is 0.157. The van der Waals surface area contributed by atoms with Gasteiger partial charge in [-0.15, -0.1) is 0 Å². The average molecular weight is 391 g/mol. The van der Waals surface area contributed by atoms with Gasteiger partial charge < -0.3 is 19.5 Å². The summed E-state index contributed by atoms with van der Waals surface area (Å²) in [6.07, 6.45) is -0.807. The fourth-order valence-corrected chi connectivity index (χ4v) is 3.16. The Hall–Kier alpha value is -3.31. The summed E-state index contributed by atoms with van der Waals surface area (Å²) >= 11 is 0. The standard InChI is InChI=1S/C24H25NO4/c1-25(16-22(26)18-9-12-20(28-2)13-10-18)24(27)21-15-19(11-14-23(21)29-3)17-7-5-4-6-8-17/h4-15,22,26H,16H2,1-3H3. The lowest BCUT2D eigenvalue weighted by molar-refractivity contribution is 0.0678. The summed E-state index contributed by atoms with van der Waals surface area (Å²) < 4.78 is 10.5. The van der Waals surface area contributed by atoms with Crippen molar-refractivity contribution < 1.29 is 19.4 Å². The number of rotatable bonds is 7. The Bertz CT molecular complexity index is 954. The van der Waals surface area contributed by atoms with Gasteiger partial charge in [-0.3, -0.25) is 4.79 Å². The Labute approximate surface area is 171 Å². The molecule has 0 aliphatic rings. The molecule has 0 aromatic heterocycles. The van der Waals surface area contributed by atoms with Crippen molar-refractivity contribution in [2.24, 2.45) is 0 Å². The zero-order valence-corrected chi connectivity index (χ0v) is 16.8. The number of likely N-dealkylation sites (N-methyl/N-ethyl adjacent to an activating group) is 1. The van der Waals surface area contributed by atoms with E-state index in [4.69, 9.17) is 9.47 Å². The van der Waals surface area contributed by atoms with Crippen LogP contribution in [0.15, 0.2) is 72.8 Å². The molecule has 0 fully saturated rings. The minimum Gasteiger partial charge on any atom is -0.497 e. The quantitative estimate of drug-likeness (QED) is 0.657. The van der Waals surface area contributed by atoms with E-state index < -0.39 is 6.10 Å². The number of benzene rings is 3. The third-order valence-corrected chi connectivity index (χ3v) is 4.83. The first-order chi connectivity index (χ1) is 14.0. The molecular weight excluding hydrogens is 366 g/mol. The summed E-state index contributed by atoms with van der Waals surface area (Å²) in [7, 11) is 4.80. The van der Waals surface area contributed by atoms with Gasteiger partial charge in [0.25, 0.3) is 5.91 Å². The molecule has 3 rings (SSSR count). The smallest absolute Gasteiger partial charge is 0.257 e.